The van der Waals surface area contributed by atoms with Gasteiger partial charge in [0.2, 0.25) is 0 Å². The Labute approximate surface area is 114 Å². The van der Waals surface area contributed by atoms with E-state index in [-0.39, 0.29) is 12.6 Å². The molecule has 19 heavy (non-hydrogen) atoms. The van der Waals surface area contributed by atoms with Crippen molar-refractivity contribution in [2.24, 2.45) is 5.92 Å². The van der Waals surface area contributed by atoms with Gasteiger partial charge in [-0.25, -0.2) is 4.39 Å². The lowest BCUT2D eigenvalue weighted by Gasteiger charge is -2.09. The highest BCUT2D eigenvalue weighted by Crippen LogP contribution is 2.28. The third kappa shape index (κ3) is 5.57. The second-order valence-electron chi connectivity index (χ2n) is 5.05. The molecule has 2 rings (SSSR count). The third-order valence-electron chi connectivity index (χ3n) is 3.05. The summed E-state index contributed by atoms with van der Waals surface area (Å²) in [6.45, 7) is 4.63. The van der Waals surface area contributed by atoms with Crippen LogP contribution in [0.2, 0.25) is 0 Å². The standard InChI is InChI=1S/C15H22FNO2/c1-2-5-17-9-13-6-14(16)8-15(7-13)19-11-18-10-12-3-4-12/h6-8,12,17H,2-5,9-11H2,1H3. The molecule has 0 heterocycles. The summed E-state index contributed by atoms with van der Waals surface area (Å²) in [5.41, 5.74) is 0.894. The lowest BCUT2D eigenvalue weighted by molar-refractivity contribution is 0.00979. The van der Waals surface area contributed by atoms with Crippen molar-refractivity contribution >= 4 is 0 Å². The summed E-state index contributed by atoms with van der Waals surface area (Å²) in [6.07, 6.45) is 3.58. The maximum Gasteiger partial charge on any atom is 0.189 e. The summed E-state index contributed by atoms with van der Waals surface area (Å²) in [6, 6.07) is 4.77. The molecule has 4 heteroatoms. The molecule has 1 aliphatic rings. The second-order valence-corrected chi connectivity index (χ2v) is 5.05. The predicted octanol–water partition coefficient (Wildman–Crippen LogP) is 3.09. The van der Waals surface area contributed by atoms with Crippen molar-refractivity contribution in [1.29, 1.82) is 0 Å². The van der Waals surface area contributed by atoms with E-state index in [1.807, 2.05) is 6.07 Å². The van der Waals surface area contributed by atoms with Crippen LogP contribution >= 0.6 is 0 Å². The van der Waals surface area contributed by atoms with Gasteiger partial charge in [0, 0.05) is 12.6 Å². The number of rotatable bonds is 9. The van der Waals surface area contributed by atoms with Crippen LogP contribution in [0, 0.1) is 11.7 Å². The van der Waals surface area contributed by atoms with Gasteiger partial charge in [-0.2, -0.15) is 0 Å². The number of ether oxygens (including phenoxy) is 2. The van der Waals surface area contributed by atoms with Crippen LogP contribution in [0.1, 0.15) is 31.7 Å². The topological polar surface area (TPSA) is 30.5 Å². The Morgan fingerprint density at radius 2 is 2.16 bits per heavy atom. The zero-order chi connectivity index (χ0) is 13.5. The number of nitrogens with one attached hydrogen (secondary N) is 1. The molecule has 0 saturated heterocycles. The van der Waals surface area contributed by atoms with Crippen molar-refractivity contribution in [1.82, 2.24) is 5.32 Å². The number of benzene rings is 1. The van der Waals surface area contributed by atoms with E-state index in [9.17, 15) is 4.39 Å². The molecular weight excluding hydrogens is 245 g/mol. The summed E-state index contributed by atoms with van der Waals surface area (Å²) in [5, 5.41) is 3.24. The first-order valence-electron chi connectivity index (χ1n) is 6.98. The van der Waals surface area contributed by atoms with E-state index in [0.29, 0.717) is 18.2 Å². The van der Waals surface area contributed by atoms with Gasteiger partial charge in [-0.1, -0.05) is 6.92 Å². The molecule has 1 N–H and O–H groups in total. The monoisotopic (exact) mass is 267 g/mol. The molecule has 1 saturated carbocycles. The molecule has 0 aromatic heterocycles. The Bertz CT molecular complexity index is 394. The fourth-order valence-electron chi connectivity index (χ4n) is 1.82. The van der Waals surface area contributed by atoms with E-state index in [1.54, 1.807) is 0 Å². The molecule has 0 spiro atoms. The van der Waals surface area contributed by atoms with Crippen LogP contribution < -0.4 is 10.1 Å². The summed E-state index contributed by atoms with van der Waals surface area (Å²) in [4.78, 5) is 0. The van der Waals surface area contributed by atoms with Crippen LogP contribution in [0.25, 0.3) is 0 Å². The van der Waals surface area contributed by atoms with Gasteiger partial charge in [0.15, 0.2) is 6.79 Å². The summed E-state index contributed by atoms with van der Waals surface area (Å²) in [7, 11) is 0. The van der Waals surface area contributed by atoms with Crippen LogP contribution in [-0.2, 0) is 11.3 Å². The first kappa shape index (κ1) is 14.3. The van der Waals surface area contributed by atoms with Gasteiger partial charge in [0.1, 0.15) is 11.6 Å². The molecule has 0 bridgehead atoms. The Hall–Kier alpha value is -1.13. The van der Waals surface area contributed by atoms with Crippen LogP contribution in [0.5, 0.6) is 5.75 Å². The van der Waals surface area contributed by atoms with Crippen LogP contribution in [0.15, 0.2) is 18.2 Å². The fourth-order valence-corrected chi connectivity index (χ4v) is 1.82. The molecule has 1 aromatic carbocycles. The molecule has 3 nitrogen and oxygen atoms in total. The van der Waals surface area contributed by atoms with Crippen molar-refractivity contribution in [2.75, 3.05) is 19.9 Å². The van der Waals surface area contributed by atoms with Gasteiger partial charge < -0.3 is 14.8 Å². The van der Waals surface area contributed by atoms with Crippen LogP contribution in [0.4, 0.5) is 4.39 Å². The maximum atomic E-state index is 13.4. The quantitative estimate of drug-likeness (QED) is 0.551. The first-order chi connectivity index (χ1) is 9.28. The van der Waals surface area contributed by atoms with E-state index >= 15 is 0 Å². The van der Waals surface area contributed by atoms with Gasteiger partial charge in [-0.05, 0) is 49.4 Å². The van der Waals surface area contributed by atoms with Crippen molar-refractivity contribution in [2.45, 2.75) is 32.7 Å². The Morgan fingerprint density at radius 1 is 1.32 bits per heavy atom. The number of hydrogen-bond donors (Lipinski definition) is 1. The highest BCUT2D eigenvalue weighted by Gasteiger charge is 2.21. The summed E-state index contributed by atoms with van der Waals surface area (Å²) < 4.78 is 24.2. The first-order valence-corrected chi connectivity index (χ1v) is 6.98. The van der Waals surface area contributed by atoms with Gasteiger partial charge in [0.25, 0.3) is 0 Å². The molecular formula is C15H22FNO2. The van der Waals surface area contributed by atoms with Crippen molar-refractivity contribution in [3.05, 3.63) is 29.6 Å². The number of halogens is 1. The highest BCUT2D eigenvalue weighted by molar-refractivity contribution is 5.29. The molecule has 0 atom stereocenters. The predicted molar refractivity (Wildman–Crippen MR) is 72.6 cm³/mol. The Kier molecular flexibility index (Phi) is 5.61. The Balaban J connectivity index is 1.77. The molecule has 1 aliphatic carbocycles. The Morgan fingerprint density at radius 3 is 2.89 bits per heavy atom. The molecule has 0 aliphatic heterocycles. The van der Waals surface area contributed by atoms with Gasteiger partial charge in [-0.15, -0.1) is 0 Å². The minimum absolute atomic E-state index is 0.196. The normalized spacial score (nSPS) is 14.6. The maximum absolute atomic E-state index is 13.4. The van der Waals surface area contributed by atoms with Gasteiger partial charge >= 0.3 is 0 Å². The zero-order valence-corrected chi connectivity index (χ0v) is 11.5. The minimum Gasteiger partial charge on any atom is -0.467 e. The van der Waals surface area contributed by atoms with Crippen molar-refractivity contribution in [3.8, 4) is 5.75 Å². The van der Waals surface area contributed by atoms with Crippen molar-refractivity contribution < 1.29 is 13.9 Å². The average Bonchev–Trinajstić information content (AvgIpc) is 3.18. The molecule has 106 valence electrons. The highest BCUT2D eigenvalue weighted by atomic mass is 19.1. The molecule has 1 aromatic rings. The van der Waals surface area contributed by atoms with E-state index in [0.717, 1.165) is 25.1 Å². The second kappa shape index (κ2) is 7.46. The zero-order valence-electron chi connectivity index (χ0n) is 11.5. The molecule has 1 fully saturated rings. The summed E-state index contributed by atoms with van der Waals surface area (Å²) >= 11 is 0. The lowest BCUT2D eigenvalue weighted by Crippen LogP contribution is -2.14. The third-order valence-corrected chi connectivity index (χ3v) is 3.05. The van der Waals surface area contributed by atoms with E-state index in [2.05, 4.69) is 12.2 Å². The molecule has 0 amide bonds. The molecule has 0 unspecified atom stereocenters. The van der Waals surface area contributed by atoms with Crippen molar-refractivity contribution in [3.63, 3.8) is 0 Å². The molecule has 0 radical (unpaired) electrons. The fraction of sp³-hybridized carbons (Fsp3) is 0.600. The van der Waals surface area contributed by atoms with E-state index < -0.39 is 0 Å². The largest absolute Gasteiger partial charge is 0.467 e. The van der Waals surface area contributed by atoms with Gasteiger partial charge in [-0.3, -0.25) is 0 Å². The smallest absolute Gasteiger partial charge is 0.189 e. The SMILES string of the molecule is CCCNCc1cc(F)cc(OCOCC2CC2)c1. The van der Waals surface area contributed by atoms with Crippen LogP contribution in [-0.4, -0.2) is 19.9 Å². The average molecular weight is 267 g/mol. The number of hydrogen-bond acceptors (Lipinski definition) is 3. The van der Waals surface area contributed by atoms with Gasteiger partial charge in [0.05, 0.1) is 6.61 Å². The summed E-state index contributed by atoms with van der Waals surface area (Å²) in [5.74, 6) is 0.974. The van der Waals surface area contributed by atoms with Crippen LogP contribution in [0.3, 0.4) is 0 Å². The van der Waals surface area contributed by atoms with E-state index in [4.69, 9.17) is 9.47 Å². The lowest BCUT2D eigenvalue weighted by atomic mass is 10.2. The van der Waals surface area contributed by atoms with E-state index in [1.165, 1.54) is 25.0 Å². The minimum atomic E-state index is -0.270.